The van der Waals surface area contributed by atoms with Crippen LogP contribution in [0.2, 0.25) is 0 Å². The Morgan fingerprint density at radius 1 is 0.962 bits per heavy atom. The third kappa shape index (κ3) is 3.06. The number of benzene rings is 3. The van der Waals surface area contributed by atoms with Crippen molar-refractivity contribution in [3.05, 3.63) is 71.8 Å². The van der Waals surface area contributed by atoms with Gasteiger partial charge in [0.25, 0.3) is 5.91 Å². The summed E-state index contributed by atoms with van der Waals surface area (Å²) in [5.74, 6) is -0.0752. The van der Waals surface area contributed by atoms with Gasteiger partial charge in [-0.05, 0) is 59.5 Å². The van der Waals surface area contributed by atoms with Crippen LogP contribution in [-0.4, -0.2) is 18.4 Å². The van der Waals surface area contributed by atoms with Gasteiger partial charge in [0, 0.05) is 30.4 Å². The molecule has 0 saturated heterocycles. The molecule has 0 unspecified atom stereocenters. The van der Waals surface area contributed by atoms with Crippen molar-refractivity contribution in [3.8, 4) is 0 Å². The zero-order valence-electron chi connectivity index (χ0n) is 14.7. The third-order valence-electron chi connectivity index (χ3n) is 4.85. The molecule has 1 heterocycles. The van der Waals surface area contributed by atoms with Crippen molar-refractivity contribution in [2.45, 2.75) is 19.8 Å². The van der Waals surface area contributed by atoms with Gasteiger partial charge in [-0.25, -0.2) is 0 Å². The average Bonchev–Trinajstić information content (AvgIpc) is 2.66. The summed E-state index contributed by atoms with van der Waals surface area (Å²) >= 11 is 0. The number of hydrogen-bond donors (Lipinski definition) is 1. The van der Waals surface area contributed by atoms with Gasteiger partial charge in [0.1, 0.15) is 0 Å². The zero-order chi connectivity index (χ0) is 18.1. The SMILES string of the molecule is CC(=O)N1CCCc2cc(NC(=O)c3ccc4ccccc4c3)ccc21. The molecule has 0 aromatic heterocycles. The Bertz CT molecular complexity index is 1010. The first-order valence-electron chi connectivity index (χ1n) is 8.83. The number of rotatable bonds is 2. The second-order valence-corrected chi connectivity index (χ2v) is 6.63. The van der Waals surface area contributed by atoms with E-state index in [1.165, 1.54) is 0 Å². The Kier molecular flexibility index (Phi) is 4.17. The highest BCUT2D eigenvalue weighted by molar-refractivity contribution is 6.06. The Morgan fingerprint density at radius 2 is 1.77 bits per heavy atom. The van der Waals surface area contributed by atoms with E-state index in [1.54, 1.807) is 11.8 Å². The summed E-state index contributed by atoms with van der Waals surface area (Å²) < 4.78 is 0. The number of hydrogen-bond acceptors (Lipinski definition) is 2. The van der Waals surface area contributed by atoms with E-state index in [4.69, 9.17) is 0 Å². The molecular formula is C22H20N2O2. The molecule has 0 spiro atoms. The Hall–Kier alpha value is -3.14. The van der Waals surface area contributed by atoms with Gasteiger partial charge < -0.3 is 10.2 Å². The van der Waals surface area contributed by atoms with E-state index < -0.39 is 0 Å². The maximum atomic E-state index is 12.6. The first kappa shape index (κ1) is 16.3. The smallest absolute Gasteiger partial charge is 0.255 e. The molecule has 0 aliphatic carbocycles. The zero-order valence-corrected chi connectivity index (χ0v) is 14.7. The van der Waals surface area contributed by atoms with Crippen LogP contribution >= 0.6 is 0 Å². The standard InChI is InChI=1S/C22H20N2O2/c1-15(25)24-12-4-7-18-14-20(10-11-21(18)24)23-22(26)19-9-8-16-5-2-3-6-17(16)13-19/h2-3,5-6,8-11,13-14H,4,7,12H2,1H3,(H,23,26). The van der Waals surface area contributed by atoms with Crippen LogP contribution in [0.25, 0.3) is 10.8 Å². The summed E-state index contributed by atoms with van der Waals surface area (Å²) in [4.78, 5) is 26.2. The van der Waals surface area contributed by atoms with Crippen LogP contribution in [0.5, 0.6) is 0 Å². The number of amides is 2. The normalized spacial score (nSPS) is 13.3. The minimum Gasteiger partial charge on any atom is -0.322 e. The van der Waals surface area contributed by atoms with Gasteiger partial charge in [0.15, 0.2) is 0 Å². The fourth-order valence-electron chi connectivity index (χ4n) is 3.54. The lowest BCUT2D eigenvalue weighted by Crippen LogP contribution is -2.33. The lowest BCUT2D eigenvalue weighted by Gasteiger charge is -2.29. The van der Waals surface area contributed by atoms with E-state index in [2.05, 4.69) is 5.32 Å². The summed E-state index contributed by atoms with van der Waals surface area (Å²) in [6.07, 6.45) is 1.85. The largest absolute Gasteiger partial charge is 0.322 e. The van der Waals surface area contributed by atoms with Crippen LogP contribution < -0.4 is 10.2 Å². The molecule has 4 nitrogen and oxygen atoms in total. The van der Waals surface area contributed by atoms with Crippen molar-refractivity contribution in [1.29, 1.82) is 0 Å². The molecule has 0 radical (unpaired) electrons. The second kappa shape index (κ2) is 6.64. The number of nitrogens with zero attached hydrogens (tertiary/aromatic N) is 1. The monoisotopic (exact) mass is 344 g/mol. The summed E-state index contributed by atoms with van der Waals surface area (Å²) in [6.45, 7) is 2.34. The van der Waals surface area contributed by atoms with Gasteiger partial charge in [0.2, 0.25) is 5.91 Å². The molecule has 3 aromatic rings. The number of carbonyl (C=O) groups is 2. The first-order chi connectivity index (χ1) is 12.6. The molecular weight excluding hydrogens is 324 g/mol. The van der Waals surface area contributed by atoms with Crippen LogP contribution in [0.3, 0.4) is 0 Å². The highest BCUT2D eigenvalue weighted by Gasteiger charge is 2.20. The lowest BCUT2D eigenvalue weighted by atomic mass is 10.0. The minimum atomic E-state index is -0.130. The summed E-state index contributed by atoms with van der Waals surface area (Å²) in [5.41, 5.74) is 3.44. The molecule has 4 heteroatoms. The molecule has 0 fully saturated rings. The molecule has 0 saturated carbocycles. The van der Waals surface area contributed by atoms with E-state index in [0.29, 0.717) is 5.56 Å². The van der Waals surface area contributed by atoms with Gasteiger partial charge in [0.05, 0.1) is 0 Å². The van der Waals surface area contributed by atoms with Gasteiger partial charge in [-0.3, -0.25) is 9.59 Å². The van der Waals surface area contributed by atoms with Gasteiger partial charge in [-0.1, -0.05) is 30.3 Å². The summed E-state index contributed by atoms with van der Waals surface area (Å²) in [6, 6.07) is 19.4. The van der Waals surface area contributed by atoms with Crippen LogP contribution in [0, 0.1) is 0 Å². The van der Waals surface area contributed by atoms with E-state index in [0.717, 1.165) is 47.1 Å². The molecule has 2 amide bonds. The minimum absolute atomic E-state index is 0.0545. The number of carbonyl (C=O) groups excluding carboxylic acids is 2. The Morgan fingerprint density at radius 3 is 2.58 bits per heavy atom. The number of fused-ring (bicyclic) bond motifs is 2. The summed E-state index contributed by atoms with van der Waals surface area (Å²) in [5, 5.41) is 5.13. The quantitative estimate of drug-likeness (QED) is 0.749. The fourth-order valence-corrected chi connectivity index (χ4v) is 3.54. The highest BCUT2D eigenvalue weighted by atomic mass is 16.2. The average molecular weight is 344 g/mol. The molecule has 26 heavy (non-hydrogen) atoms. The van der Waals surface area contributed by atoms with E-state index in [1.807, 2.05) is 60.7 Å². The number of anilines is 2. The first-order valence-corrected chi connectivity index (χ1v) is 8.83. The fraction of sp³-hybridized carbons (Fsp3) is 0.182. The van der Waals surface area contributed by atoms with E-state index >= 15 is 0 Å². The second-order valence-electron chi connectivity index (χ2n) is 6.63. The molecule has 1 aliphatic rings. The van der Waals surface area contributed by atoms with Crippen molar-refractivity contribution < 1.29 is 9.59 Å². The van der Waals surface area contributed by atoms with Crippen molar-refractivity contribution >= 4 is 34.0 Å². The van der Waals surface area contributed by atoms with Crippen molar-refractivity contribution in [2.24, 2.45) is 0 Å². The van der Waals surface area contributed by atoms with Crippen molar-refractivity contribution in [2.75, 3.05) is 16.8 Å². The van der Waals surface area contributed by atoms with Crippen molar-refractivity contribution in [3.63, 3.8) is 0 Å². The Balaban J connectivity index is 1.58. The van der Waals surface area contributed by atoms with Crippen LogP contribution in [0.4, 0.5) is 11.4 Å². The molecule has 0 atom stereocenters. The third-order valence-corrected chi connectivity index (χ3v) is 4.85. The lowest BCUT2D eigenvalue weighted by molar-refractivity contribution is -0.116. The van der Waals surface area contributed by atoms with E-state index in [9.17, 15) is 9.59 Å². The van der Waals surface area contributed by atoms with Gasteiger partial charge >= 0.3 is 0 Å². The highest BCUT2D eigenvalue weighted by Crippen LogP contribution is 2.30. The van der Waals surface area contributed by atoms with Crippen LogP contribution in [0.1, 0.15) is 29.3 Å². The number of nitrogens with one attached hydrogen (secondary N) is 1. The van der Waals surface area contributed by atoms with Crippen molar-refractivity contribution in [1.82, 2.24) is 0 Å². The molecule has 1 aliphatic heterocycles. The van der Waals surface area contributed by atoms with E-state index in [-0.39, 0.29) is 11.8 Å². The molecule has 130 valence electrons. The van der Waals surface area contributed by atoms with Gasteiger partial charge in [-0.2, -0.15) is 0 Å². The predicted octanol–water partition coefficient (Wildman–Crippen LogP) is 4.39. The predicted molar refractivity (Wildman–Crippen MR) is 105 cm³/mol. The van der Waals surface area contributed by atoms with Crippen LogP contribution in [-0.2, 0) is 11.2 Å². The molecule has 0 bridgehead atoms. The topological polar surface area (TPSA) is 49.4 Å². The van der Waals surface area contributed by atoms with Crippen LogP contribution in [0.15, 0.2) is 60.7 Å². The summed E-state index contributed by atoms with van der Waals surface area (Å²) in [7, 11) is 0. The molecule has 1 N–H and O–H groups in total. The number of aryl methyl sites for hydroxylation is 1. The molecule has 4 rings (SSSR count). The molecule has 3 aromatic carbocycles. The maximum absolute atomic E-state index is 12.6. The van der Waals surface area contributed by atoms with Gasteiger partial charge in [-0.15, -0.1) is 0 Å². The Labute approximate surface area is 152 Å². The maximum Gasteiger partial charge on any atom is 0.255 e.